The van der Waals surface area contributed by atoms with Gasteiger partial charge in [0, 0.05) is 11.6 Å². The van der Waals surface area contributed by atoms with Gasteiger partial charge in [-0.1, -0.05) is 6.92 Å². The largest absolute Gasteiger partial charge is 0.489 e. The minimum absolute atomic E-state index is 0.0186. The molecule has 1 fully saturated rings. The van der Waals surface area contributed by atoms with Gasteiger partial charge in [-0.05, 0) is 31.7 Å². The van der Waals surface area contributed by atoms with Gasteiger partial charge in [0.25, 0.3) is 0 Å². The number of halogens is 1. The summed E-state index contributed by atoms with van der Waals surface area (Å²) in [6, 6.07) is 4.40. The molecule has 1 amide bonds. The van der Waals surface area contributed by atoms with Crippen molar-refractivity contribution in [1.82, 2.24) is 10.6 Å². The molecular weight excluding hydrogens is 263 g/mol. The van der Waals surface area contributed by atoms with Crippen LogP contribution in [0.15, 0.2) is 18.2 Å². The summed E-state index contributed by atoms with van der Waals surface area (Å²) in [5.74, 6) is 0.300. The van der Waals surface area contributed by atoms with Crippen molar-refractivity contribution >= 4 is 6.09 Å². The molecule has 2 atom stereocenters. The second-order valence-electron chi connectivity index (χ2n) is 4.68. The van der Waals surface area contributed by atoms with Gasteiger partial charge in [-0.25, -0.2) is 9.18 Å². The first kappa shape index (κ1) is 14.6. The maximum absolute atomic E-state index is 13.4. The Labute approximate surface area is 117 Å². The molecule has 1 aliphatic rings. The summed E-state index contributed by atoms with van der Waals surface area (Å²) in [4.78, 5) is 10.9. The van der Waals surface area contributed by atoms with Gasteiger partial charge in [0.2, 0.25) is 0 Å². The molecule has 0 aromatic heterocycles. The van der Waals surface area contributed by atoms with Crippen LogP contribution in [-0.4, -0.2) is 31.9 Å². The predicted molar refractivity (Wildman–Crippen MR) is 72.3 cm³/mol. The molecule has 1 aromatic rings. The highest BCUT2D eigenvalue weighted by Gasteiger charge is 2.23. The van der Waals surface area contributed by atoms with Crippen molar-refractivity contribution in [2.24, 2.45) is 0 Å². The number of amides is 1. The number of nitrogens with one attached hydrogen (secondary N) is 2. The Hall–Kier alpha value is -1.82. The van der Waals surface area contributed by atoms with E-state index < -0.39 is 6.09 Å². The number of ether oxygens (including phenoxy) is 2. The molecule has 1 aromatic carbocycles. The summed E-state index contributed by atoms with van der Waals surface area (Å²) in [7, 11) is 0. The van der Waals surface area contributed by atoms with E-state index in [4.69, 9.17) is 9.47 Å². The second kappa shape index (κ2) is 6.56. The lowest BCUT2D eigenvalue weighted by Crippen LogP contribution is -2.23. The number of rotatable bonds is 6. The van der Waals surface area contributed by atoms with Gasteiger partial charge >= 0.3 is 6.09 Å². The molecule has 6 heteroatoms. The molecule has 1 heterocycles. The molecular formula is C14H19FN2O3. The summed E-state index contributed by atoms with van der Waals surface area (Å²) >= 11 is 0. The van der Waals surface area contributed by atoms with Crippen LogP contribution in [-0.2, 0) is 4.74 Å². The lowest BCUT2D eigenvalue weighted by molar-refractivity contribution is 0.104. The Bertz CT molecular complexity index is 481. The topological polar surface area (TPSA) is 59.6 Å². The third-order valence-corrected chi connectivity index (χ3v) is 3.12. The van der Waals surface area contributed by atoms with Gasteiger partial charge in [-0.3, -0.25) is 0 Å². The molecule has 1 saturated heterocycles. The molecule has 2 unspecified atom stereocenters. The maximum Gasteiger partial charge on any atom is 0.407 e. The zero-order valence-electron chi connectivity index (χ0n) is 11.6. The quantitative estimate of drug-likeness (QED) is 0.837. The molecule has 2 rings (SSSR count). The zero-order chi connectivity index (χ0) is 14.5. The van der Waals surface area contributed by atoms with Crippen LogP contribution in [0.1, 0.15) is 25.5 Å². The van der Waals surface area contributed by atoms with Crippen molar-refractivity contribution in [3.8, 4) is 5.75 Å². The average Bonchev–Trinajstić information content (AvgIpc) is 2.83. The molecule has 110 valence electrons. The molecule has 0 saturated carbocycles. The summed E-state index contributed by atoms with van der Waals surface area (Å²) in [5.41, 5.74) is 0.754. The fraction of sp³-hybridized carbons (Fsp3) is 0.500. The molecule has 0 spiro atoms. The highest BCUT2D eigenvalue weighted by Crippen LogP contribution is 2.26. The third-order valence-electron chi connectivity index (χ3n) is 3.12. The van der Waals surface area contributed by atoms with Crippen LogP contribution in [0.4, 0.5) is 9.18 Å². The minimum Gasteiger partial charge on any atom is -0.489 e. The highest BCUT2D eigenvalue weighted by molar-refractivity contribution is 5.69. The number of hydrogen-bond acceptors (Lipinski definition) is 4. The summed E-state index contributed by atoms with van der Waals surface area (Å²) in [6.07, 6.45) is -0.742. The van der Waals surface area contributed by atoms with E-state index in [0.29, 0.717) is 12.3 Å². The number of cyclic esters (lactones) is 1. The van der Waals surface area contributed by atoms with E-state index in [-0.39, 0.29) is 24.6 Å². The number of hydrogen-bond donors (Lipinski definition) is 2. The van der Waals surface area contributed by atoms with Gasteiger partial charge in [-0.2, -0.15) is 0 Å². The van der Waals surface area contributed by atoms with Crippen LogP contribution < -0.4 is 15.4 Å². The fourth-order valence-corrected chi connectivity index (χ4v) is 2.11. The van der Waals surface area contributed by atoms with E-state index in [1.807, 2.05) is 13.8 Å². The van der Waals surface area contributed by atoms with E-state index in [0.717, 1.165) is 12.1 Å². The standard InChI is InChI=1S/C14H19FN2O3/c1-3-16-9(2)12-6-10(15)4-5-13(12)19-8-11-7-17-14(18)20-11/h4-6,9,11,16H,3,7-8H2,1-2H3,(H,17,18). The van der Waals surface area contributed by atoms with Crippen molar-refractivity contribution in [2.75, 3.05) is 19.7 Å². The fourth-order valence-electron chi connectivity index (χ4n) is 2.11. The van der Waals surface area contributed by atoms with Gasteiger partial charge in [-0.15, -0.1) is 0 Å². The zero-order valence-corrected chi connectivity index (χ0v) is 11.6. The Morgan fingerprint density at radius 3 is 3.05 bits per heavy atom. The van der Waals surface area contributed by atoms with Gasteiger partial charge in [0.1, 0.15) is 18.2 Å². The van der Waals surface area contributed by atoms with Gasteiger partial charge in [0.15, 0.2) is 6.10 Å². The second-order valence-corrected chi connectivity index (χ2v) is 4.68. The summed E-state index contributed by atoms with van der Waals surface area (Å²) in [6.45, 7) is 5.39. The third kappa shape index (κ3) is 3.60. The molecule has 1 aliphatic heterocycles. The Morgan fingerprint density at radius 1 is 1.60 bits per heavy atom. The van der Waals surface area contributed by atoms with Crippen LogP contribution in [0.25, 0.3) is 0 Å². The normalized spacial score (nSPS) is 19.4. The highest BCUT2D eigenvalue weighted by atomic mass is 19.1. The number of carbonyl (C=O) groups excluding carboxylic acids is 1. The van der Waals surface area contributed by atoms with Crippen molar-refractivity contribution < 1.29 is 18.7 Å². The molecule has 2 N–H and O–H groups in total. The van der Waals surface area contributed by atoms with Crippen LogP contribution in [0.2, 0.25) is 0 Å². The number of carbonyl (C=O) groups is 1. The molecule has 0 aliphatic carbocycles. The SMILES string of the molecule is CCNC(C)c1cc(F)ccc1OCC1CNC(=O)O1. The van der Waals surface area contributed by atoms with E-state index in [9.17, 15) is 9.18 Å². The van der Waals surface area contributed by atoms with Crippen molar-refractivity contribution in [3.05, 3.63) is 29.6 Å². The van der Waals surface area contributed by atoms with Crippen LogP contribution >= 0.6 is 0 Å². The lowest BCUT2D eigenvalue weighted by atomic mass is 10.1. The van der Waals surface area contributed by atoms with Crippen LogP contribution in [0, 0.1) is 5.82 Å². The summed E-state index contributed by atoms with van der Waals surface area (Å²) < 4.78 is 24.0. The van der Waals surface area contributed by atoms with Crippen molar-refractivity contribution in [1.29, 1.82) is 0 Å². The average molecular weight is 282 g/mol. The number of alkyl carbamates (subject to hydrolysis) is 1. The first-order valence-electron chi connectivity index (χ1n) is 6.70. The Kier molecular flexibility index (Phi) is 4.79. The van der Waals surface area contributed by atoms with E-state index in [2.05, 4.69) is 10.6 Å². The number of benzene rings is 1. The Balaban J connectivity index is 2.04. The van der Waals surface area contributed by atoms with Crippen molar-refractivity contribution in [3.63, 3.8) is 0 Å². The maximum atomic E-state index is 13.4. The first-order chi connectivity index (χ1) is 9.60. The van der Waals surface area contributed by atoms with E-state index in [1.54, 1.807) is 6.07 Å². The minimum atomic E-state index is -0.432. The predicted octanol–water partition coefficient (Wildman–Crippen LogP) is 1.98. The molecule has 0 bridgehead atoms. The van der Waals surface area contributed by atoms with Crippen LogP contribution in [0.3, 0.4) is 0 Å². The van der Waals surface area contributed by atoms with E-state index >= 15 is 0 Å². The summed E-state index contributed by atoms with van der Waals surface area (Å²) in [5, 5.41) is 5.78. The molecule has 5 nitrogen and oxygen atoms in total. The van der Waals surface area contributed by atoms with Crippen molar-refractivity contribution in [2.45, 2.75) is 26.0 Å². The first-order valence-corrected chi connectivity index (χ1v) is 6.70. The monoisotopic (exact) mass is 282 g/mol. The smallest absolute Gasteiger partial charge is 0.407 e. The molecule has 20 heavy (non-hydrogen) atoms. The van der Waals surface area contributed by atoms with Gasteiger partial charge < -0.3 is 20.1 Å². The van der Waals surface area contributed by atoms with Crippen LogP contribution in [0.5, 0.6) is 5.75 Å². The van der Waals surface area contributed by atoms with E-state index in [1.165, 1.54) is 12.1 Å². The lowest BCUT2D eigenvalue weighted by Gasteiger charge is -2.18. The Morgan fingerprint density at radius 2 is 2.40 bits per heavy atom. The molecule has 0 radical (unpaired) electrons. The van der Waals surface area contributed by atoms with Gasteiger partial charge in [0.05, 0.1) is 6.54 Å².